The Hall–Kier alpha value is -3.02. The maximum Gasteiger partial charge on any atom is 0.322 e. The predicted octanol–water partition coefficient (Wildman–Crippen LogP) is 2.51. The summed E-state index contributed by atoms with van der Waals surface area (Å²) in [6, 6.07) is 14.7. The molecule has 1 atom stereocenters. The minimum absolute atomic E-state index is 0.126. The molecular weight excluding hydrogens is 342 g/mol. The van der Waals surface area contributed by atoms with Crippen LogP contribution in [0.25, 0.3) is 0 Å². The number of urea groups is 1. The molecule has 0 fully saturated rings. The Labute approximate surface area is 159 Å². The molecule has 27 heavy (non-hydrogen) atoms. The third-order valence-corrected chi connectivity index (χ3v) is 4.70. The second kappa shape index (κ2) is 8.58. The molecule has 3 rings (SSSR count). The second-order valence-corrected chi connectivity index (χ2v) is 6.44. The van der Waals surface area contributed by atoms with Crippen LogP contribution < -0.4 is 20.3 Å². The van der Waals surface area contributed by atoms with E-state index >= 15 is 0 Å². The lowest BCUT2D eigenvalue weighted by molar-refractivity contribution is -0.122. The van der Waals surface area contributed by atoms with Crippen molar-refractivity contribution in [1.29, 1.82) is 0 Å². The number of anilines is 1. The van der Waals surface area contributed by atoms with Crippen LogP contribution in [0.15, 0.2) is 48.5 Å². The number of carbonyl (C=O) groups is 2. The number of nitrogens with zero attached hydrogens (tertiary/aromatic N) is 1. The fourth-order valence-electron chi connectivity index (χ4n) is 3.33. The molecule has 0 saturated heterocycles. The van der Waals surface area contributed by atoms with Gasteiger partial charge in [0.15, 0.2) is 0 Å². The van der Waals surface area contributed by atoms with Crippen molar-refractivity contribution in [3.8, 4) is 5.75 Å². The lowest BCUT2D eigenvalue weighted by atomic mass is 10.1. The lowest BCUT2D eigenvalue weighted by Crippen LogP contribution is -2.51. The van der Waals surface area contributed by atoms with Gasteiger partial charge in [-0.3, -0.25) is 9.69 Å². The van der Waals surface area contributed by atoms with Gasteiger partial charge < -0.3 is 15.4 Å². The van der Waals surface area contributed by atoms with Gasteiger partial charge in [-0.05, 0) is 42.7 Å². The summed E-state index contributed by atoms with van der Waals surface area (Å²) in [6.07, 6.45) is 1.24. The van der Waals surface area contributed by atoms with Crippen molar-refractivity contribution in [1.82, 2.24) is 10.6 Å². The number of ether oxygens (including phenoxy) is 1. The van der Waals surface area contributed by atoms with Gasteiger partial charge in [-0.2, -0.15) is 0 Å². The normalized spacial score (nSPS) is 15.2. The van der Waals surface area contributed by atoms with E-state index in [9.17, 15) is 9.59 Å². The average molecular weight is 367 g/mol. The zero-order chi connectivity index (χ0) is 19.2. The molecule has 0 aliphatic carbocycles. The average Bonchev–Trinajstić information content (AvgIpc) is 3.08. The molecule has 6 nitrogen and oxygen atoms in total. The molecule has 0 radical (unpaired) electrons. The fraction of sp³-hybridized carbons (Fsp3) is 0.333. The first-order valence-electron chi connectivity index (χ1n) is 9.19. The largest absolute Gasteiger partial charge is 0.497 e. The molecule has 3 amide bonds. The van der Waals surface area contributed by atoms with Crippen LogP contribution >= 0.6 is 0 Å². The van der Waals surface area contributed by atoms with E-state index in [2.05, 4.69) is 10.6 Å². The molecule has 2 aromatic rings. The molecule has 2 aromatic carbocycles. The summed E-state index contributed by atoms with van der Waals surface area (Å²) in [5, 5.41) is 5.77. The Bertz CT molecular complexity index is 805. The number of hydrogen-bond acceptors (Lipinski definition) is 3. The van der Waals surface area contributed by atoms with Crippen molar-refractivity contribution in [3.63, 3.8) is 0 Å². The van der Waals surface area contributed by atoms with Crippen LogP contribution in [0, 0.1) is 0 Å². The number of benzene rings is 2. The van der Waals surface area contributed by atoms with E-state index in [0.717, 1.165) is 22.6 Å². The number of methoxy groups -OCH3 is 1. The highest BCUT2D eigenvalue weighted by atomic mass is 16.5. The van der Waals surface area contributed by atoms with Gasteiger partial charge in [0, 0.05) is 25.2 Å². The first kappa shape index (κ1) is 18.8. The summed E-state index contributed by atoms with van der Waals surface area (Å²) in [7, 11) is 1.63. The molecule has 0 unspecified atom stereocenters. The molecule has 0 spiro atoms. The van der Waals surface area contributed by atoms with Gasteiger partial charge in [-0.15, -0.1) is 0 Å². The van der Waals surface area contributed by atoms with Crippen LogP contribution in [0.1, 0.15) is 18.1 Å². The van der Waals surface area contributed by atoms with Crippen molar-refractivity contribution in [2.24, 2.45) is 0 Å². The Morgan fingerprint density at radius 1 is 1.11 bits per heavy atom. The molecular formula is C21H25N3O3. The third-order valence-electron chi connectivity index (χ3n) is 4.70. The molecule has 142 valence electrons. The minimum Gasteiger partial charge on any atom is -0.497 e. The van der Waals surface area contributed by atoms with Gasteiger partial charge in [0.1, 0.15) is 11.8 Å². The number of rotatable bonds is 6. The quantitative estimate of drug-likeness (QED) is 0.824. The number of likely N-dealkylation sites (N-methyl/N-ethyl adjacent to an activating group) is 1. The second-order valence-electron chi connectivity index (χ2n) is 6.44. The summed E-state index contributed by atoms with van der Waals surface area (Å²) >= 11 is 0. The molecule has 0 saturated carbocycles. The number of nitrogens with one attached hydrogen (secondary N) is 2. The summed E-state index contributed by atoms with van der Waals surface area (Å²) in [6.45, 7) is 2.91. The highest BCUT2D eigenvalue weighted by molar-refractivity contribution is 6.02. The SMILES string of the molecule is CCNC(=O)[C@@H]1Cc2ccccc2N1C(=O)NCCc1ccc(OC)cc1. The minimum atomic E-state index is -0.511. The Morgan fingerprint density at radius 2 is 1.85 bits per heavy atom. The number of amides is 3. The lowest BCUT2D eigenvalue weighted by Gasteiger charge is -2.25. The highest BCUT2D eigenvalue weighted by Gasteiger charge is 2.37. The number of para-hydroxylation sites is 1. The summed E-state index contributed by atoms with van der Waals surface area (Å²) in [5.41, 5.74) is 2.92. The van der Waals surface area contributed by atoms with Gasteiger partial charge >= 0.3 is 6.03 Å². The van der Waals surface area contributed by atoms with E-state index < -0.39 is 6.04 Å². The molecule has 1 aliphatic rings. The number of fused-ring (bicyclic) bond motifs is 1. The number of carbonyl (C=O) groups excluding carboxylic acids is 2. The van der Waals surface area contributed by atoms with E-state index in [0.29, 0.717) is 25.9 Å². The van der Waals surface area contributed by atoms with Gasteiger partial charge in [0.25, 0.3) is 0 Å². The Morgan fingerprint density at radius 3 is 2.56 bits per heavy atom. The van der Waals surface area contributed by atoms with Crippen molar-refractivity contribution in [2.75, 3.05) is 25.1 Å². The smallest absolute Gasteiger partial charge is 0.322 e. The molecule has 0 bridgehead atoms. The van der Waals surface area contributed by atoms with E-state index in [1.165, 1.54) is 0 Å². The van der Waals surface area contributed by atoms with Gasteiger partial charge in [0.05, 0.1) is 7.11 Å². The van der Waals surface area contributed by atoms with E-state index in [1.807, 2.05) is 55.5 Å². The monoisotopic (exact) mass is 367 g/mol. The first-order chi connectivity index (χ1) is 13.1. The maximum absolute atomic E-state index is 12.8. The molecule has 1 heterocycles. The van der Waals surface area contributed by atoms with Crippen LogP contribution in [0.5, 0.6) is 5.75 Å². The van der Waals surface area contributed by atoms with Crippen molar-refractivity contribution >= 4 is 17.6 Å². The molecule has 6 heteroatoms. The molecule has 2 N–H and O–H groups in total. The maximum atomic E-state index is 12.8. The Kier molecular flexibility index (Phi) is 5.96. The van der Waals surface area contributed by atoms with Crippen molar-refractivity contribution in [2.45, 2.75) is 25.8 Å². The Balaban J connectivity index is 1.66. The summed E-state index contributed by atoms with van der Waals surface area (Å²) < 4.78 is 5.15. The van der Waals surface area contributed by atoms with Gasteiger partial charge in [0.2, 0.25) is 5.91 Å². The topological polar surface area (TPSA) is 70.7 Å². The zero-order valence-electron chi connectivity index (χ0n) is 15.7. The van der Waals surface area contributed by atoms with Gasteiger partial charge in [-0.25, -0.2) is 4.79 Å². The van der Waals surface area contributed by atoms with Crippen molar-refractivity contribution < 1.29 is 14.3 Å². The third kappa shape index (κ3) is 4.22. The van der Waals surface area contributed by atoms with E-state index in [-0.39, 0.29) is 11.9 Å². The standard InChI is InChI=1S/C21H25N3O3/c1-3-22-20(25)19-14-16-6-4-5-7-18(16)24(19)21(26)23-13-12-15-8-10-17(27-2)11-9-15/h4-11,19H,3,12-14H2,1-2H3,(H,22,25)(H,23,26)/t19-/m0/s1. The van der Waals surface area contributed by atoms with Crippen LogP contribution in [0.2, 0.25) is 0 Å². The summed E-state index contributed by atoms with van der Waals surface area (Å²) in [5.74, 6) is 0.681. The van der Waals surface area contributed by atoms with E-state index in [1.54, 1.807) is 12.0 Å². The fourth-order valence-corrected chi connectivity index (χ4v) is 3.33. The first-order valence-corrected chi connectivity index (χ1v) is 9.19. The van der Waals surface area contributed by atoms with Crippen molar-refractivity contribution in [3.05, 3.63) is 59.7 Å². The zero-order valence-corrected chi connectivity index (χ0v) is 15.7. The predicted molar refractivity (Wildman–Crippen MR) is 105 cm³/mol. The highest BCUT2D eigenvalue weighted by Crippen LogP contribution is 2.32. The van der Waals surface area contributed by atoms with Crippen LogP contribution in [-0.2, 0) is 17.6 Å². The summed E-state index contributed by atoms with van der Waals surface area (Å²) in [4.78, 5) is 26.9. The van der Waals surface area contributed by atoms with E-state index in [4.69, 9.17) is 4.74 Å². The molecule has 0 aromatic heterocycles. The number of hydrogen-bond donors (Lipinski definition) is 2. The van der Waals surface area contributed by atoms with Crippen LogP contribution in [0.4, 0.5) is 10.5 Å². The molecule has 1 aliphatic heterocycles. The van der Waals surface area contributed by atoms with Crippen LogP contribution in [0.3, 0.4) is 0 Å². The van der Waals surface area contributed by atoms with Crippen LogP contribution in [-0.4, -0.2) is 38.2 Å². The van der Waals surface area contributed by atoms with Gasteiger partial charge in [-0.1, -0.05) is 30.3 Å².